The molecular weight excluding hydrogens is 572 g/mol. The Hall–Kier alpha value is -3.03. The van der Waals surface area contributed by atoms with Crippen molar-refractivity contribution in [2.75, 3.05) is 7.11 Å². The molecule has 1 saturated heterocycles. The molecule has 0 N–H and O–H groups in total. The Morgan fingerprint density at radius 3 is 2.54 bits per heavy atom. The van der Waals surface area contributed by atoms with Gasteiger partial charge in [0.15, 0.2) is 16.7 Å². The van der Waals surface area contributed by atoms with Crippen molar-refractivity contribution >= 4 is 50.5 Å². The Morgan fingerprint density at radius 1 is 1.03 bits per heavy atom. The van der Waals surface area contributed by atoms with E-state index in [0.29, 0.717) is 23.0 Å². The van der Waals surface area contributed by atoms with Crippen molar-refractivity contribution in [1.29, 1.82) is 0 Å². The number of hydrogen-bond donors (Lipinski definition) is 0. The number of aliphatic imine (C=N–C) groups is 1. The lowest BCUT2D eigenvalue weighted by atomic mass is 9.94. The van der Waals surface area contributed by atoms with Crippen LogP contribution in [0.3, 0.4) is 0 Å². The molecule has 5 rings (SSSR count). The maximum atomic E-state index is 13.9. The smallest absolute Gasteiger partial charge is 0.267 e. The van der Waals surface area contributed by atoms with Gasteiger partial charge < -0.3 is 9.47 Å². The van der Waals surface area contributed by atoms with E-state index in [1.807, 2.05) is 71.6 Å². The molecule has 7 heteroatoms. The highest BCUT2D eigenvalue weighted by molar-refractivity contribution is 9.10. The predicted molar refractivity (Wildman–Crippen MR) is 164 cm³/mol. The summed E-state index contributed by atoms with van der Waals surface area (Å²) in [5, 5.41) is 0.763. The molecule has 39 heavy (non-hydrogen) atoms. The Labute approximate surface area is 243 Å². The second-order valence-corrected chi connectivity index (χ2v) is 11.7. The third-order valence-corrected chi connectivity index (χ3v) is 8.69. The van der Waals surface area contributed by atoms with Crippen molar-refractivity contribution in [3.63, 3.8) is 0 Å². The van der Waals surface area contributed by atoms with Gasteiger partial charge in [0.05, 0.1) is 17.7 Å². The van der Waals surface area contributed by atoms with Gasteiger partial charge in [0, 0.05) is 16.1 Å². The number of rotatable bonds is 8. The number of aryl methyl sites for hydroxylation is 1. The third kappa shape index (κ3) is 6.42. The van der Waals surface area contributed by atoms with Gasteiger partial charge in [0.25, 0.3) is 5.91 Å². The molecule has 3 aromatic carbocycles. The van der Waals surface area contributed by atoms with Crippen LogP contribution in [0.15, 0.2) is 81.1 Å². The molecule has 0 unspecified atom stereocenters. The van der Waals surface area contributed by atoms with E-state index in [1.165, 1.54) is 23.7 Å². The minimum atomic E-state index is 0.0151. The Morgan fingerprint density at radius 2 is 1.79 bits per heavy atom. The quantitative estimate of drug-likeness (QED) is 0.242. The van der Waals surface area contributed by atoms with Crippen molar-refractivity contribution in [1.82, 2.24) is 4.90 Å². The minimum absolute atomic E-state index is 0.0151. The molecule has 202 valence electrons. The lowest BCUT2D eigenvalue weighted by Gasteiger charge is -2.30. The molecule has 1 aliphatic heterocycles. The Bertz CT molecular complexity index is 1380. The zero-order chi connectivity index (χ0) is 27.2. The molecule has 0 radical (unpaired) electrons. The maximum absolute atomic E-state index is 13.9. The zero-order valence-corrected chi connectivity index (χ0v) is 24.8. The molecule has 1 amide bonds. The van der Waals surface area contributed by atoms with Crippen LogP contribution in [0, 0.1) is 0 Å². The molecule has 0 spiro atoms. The number of halogens is 1. The van der Waals surface area contributed by atoms with Gasteiger partial charge >= 0.3 is 0 Å². The van der Waals surface area contributed by atoms with Gasteiger partial charge in [0.1, 0.15) is 6.61 Å². The van der Waals surface area contributed by atoms with Crippen molar-refractivity contribution in [2.24, 2.45) is 4.99 Å². The van der Waals surface area contributed by atoms with Crippen LogP contribution in [-0.4, -0.2) is 29.1 Å². The number of para-hydroxylation sites is 2. The van der Waals surface area contributed by atoms with E-state index in [0.717, 1.165) is 58.6 Å². The highest BCUT2D eigenvalue weighted by Gasteiger charge is 2.39. The maximum Gasteiger partial charge on any atom is 0.267 e. The summed E-state index contributed by atoms with van der Waals surface area (Å²) in [7, 11) is 1.63. The molecule has 2 fully saturated rings. The van der Waals surface area contributed by atoms with E-state index in [9.17, 15) is 4.79 Å². The van der Waals surface area contributed by atoms with Gasteiger partial charge in [-0.05, 0) is 72.5 Å². The molecule has 1 aliphatic carbocycles. The zero-order valence-electron chi connectivity index (χ0n) is 22.4. The van der Waals surface area contributed by atoms with E-state index >= 15 is 0 Å². The summed E-state index contributed by atoms with van der Waals surface area (Å²) in [6.45, 7) is 2.52. The van der Waals surface area contributed by atoms with Crippen LogP contribution in [0.5, 0.6) is 11.5 Å². The van der Waals surface area contributed by atoms with E-state index in [-0.39, 0.29) is 11.9 Å². The number of benzene rings is 3. The fourth-order valence-electron chi connectivity index (χ4n) is 5.09. The number of amidine groups is 1. The monoisotopic (exact) mass is 604 g/mol. The van der Waals surface area contributed by atoms with Gasteiger partial charge in [-0.25, -0.2) is 4.99 Å². The largest absolute Gasteiger partial charge is 0.493 e. The normalized spacial score (nSPS) is 18.2. The van der Waals surface area contributed by atoms with Gasteiger partial charge in [0.2, 0.25) is 0 Å². The first-order chi connectivity index (χ1) is 19.1. The number of nitrogens with zero attached hydrogens (tertiary/aromatic N) is 2. The third-order valence-electron chi connectivity index (χ3n) is 7.18. The Kier molecular flexibility index (Phi) is 9.09. The second-order valence-electron chi connectivity index (χ2n) is 9.75. The molecule has 1 saturated carbocycles. The average Bonchev–Trinajstić information content (AvgIpc) is 3.27. The first-order valence-electron chi connectivity index (χ1n) is 13.5. The number of amides is 1. The van der Waals surface area contributed by atoms with Gasteiger partial charge in [-0.2, -0.15) is 0 Å². The van der Waals surface area contributed by atoms with Crippen LogP contribution in [0.25, 0.3) is 6.08 Å². The average molecular weight is 606 g/mol. The lowest BCUT2D eigenvalue weighted by Crippen LogP contribution is -2.40. The number of thioether (sulfide) groups is 1. The summed E-state index contributed by atoms with van der Waals surface area (Å²) >= 11 is 4.93. The lowest BCUT2D eigenvalue weighted by molar-refractivity contribution is -0.124. The van der Waals surface area contributed by atoms with E-state index < -0.39 is 0 Å². The minimum Gasteiger partial charge on any atom is -0.493 e. The fourth-order valence-corrected chi connectivity index (χ4v) is 6.39. The van der Waals surface area contributed by atoms with Crippen LogP contribution in [0.4, 0.5) is 5.69 Å². The van der Waals surface area contributed by atoms with E-state index in [2.05, 4.69) is 28.9 Å². The summed E-state index contributed by atoms with van der Waals surface area (Å²) < 4.78 is 12.9. The summed E-state index contributed by atoms with van der Waals surface area (Å²) in [5.41, 5.74) is 3.95. The van der Waals surface area contributed by atoms with Crippen molar-refractivity contribution in [3.05, 3.63) is 92.8 Å². The first-order valence-corrected chi connectivity index (χ1v) is 15.1. The number of ether oxygens (including phenoxy) is 2. The molecule has 5 nitrogen and oxygen atoms in total. The number of hydrogen-bond acceptors (Lipinski definition) is 5. The van der Waals surface area contributed by atoms with Crippen LogP contribution < -0.4 is 9.47 Å². The SMILES string of the molecule is CCc1ccccc1N=C1S/C(=C/c2cccc(OC)c2OCc2ccc(Br)cc2)C(=O)N1C1CCCCC1. The number of carbonyl (C=O) groups is 1. The summed E-state index contributed by atoms with van der Waals surface area (Å²) in [6.07, 6.45) is 8.34. The van der Waals surface area contributed by atoms with Crippen LogP contribution in [0.2, 0.25) is 0 Å². The first kappa shape index (κ1) is 27.5. The molecular formula is C32H33BrN2O3S. The van der Waals surface area contributed by atoms with Crippen LogP contribution >= 0.6 is 27.7 Å². The van der Waals surface area contributed by atoms with E-state index in [4.69, 9.17) is 14.5 Å². The van der Waals surface area contributed by atoms with Crippen molar-refractivity contribution in [2.45, 2.75) is 58.1 Å². The molecule has 0 atom stereocenters. The summed E-state index contributed by atoms with van der Waals surface area (Å²) in [5.74, 6) is 1.27. The molecule has 0 bridgehead atoms. The number of methoxy groups -OCH3 is 1. The second kappa shape index (κ2) is 12.9. The molecule has 2 aliphatic rings. The van der Waals surface area contributed by atoms with Crippen LogP contribution in [-0.2, 0) is 17.8 Å². The van der Waals surface area contributed by atoms with Crippen LogP contribution in [0.1, 0.15) is 55.7 Å². The van der Waals surface area contributed by atoms with Crippen molar-refractivity contribution in [3.8, 4) is 11.5 Å². The molecule has 1 heterocycles. The predicted octanol–water partition coefficient (Wildman–Crippen LogP) is 8.54. The van der Waals surface area contributed by atoms with Gasteiger partial charge in [-0.3, -0.25) is 9.69 Å². The van der Waals surface area contributed by atoms with Gasteiger partial charge in [-0.15, -0.1) is 0 Å². The molecule has 3 aromatic rings. The summed E-state index contributed by atoms with van der Waals surface area (Å²) in [6, 6.07) is 22.2. The summed E-state index contributed by atoms with van der Waals surface area (Å²) in [4.78, 5) is 21.6. The highest BCUT2D eigenvalue weighted by atomic mass is 79.9. The van der Waals surface area contributed by atoms with E-state index in [1.54, 1.807) is 7.11 Å². The topological polar surface area (TPSA) is 51.1 Å². The van der Waals surface area contributed by atoms with Crippen molar-refractivity contribution < 1.29 is 14.3 Å². The van der Waals surface area contributed by atoms with Gasteiger partial charge in [-0.1, -0.05) is 84.6 Å². The Balaban J connectivity index is 1.50. The number of carbonyl (C=O) groups excluding carboxylic acids is 1. The standard InChI is InChI=1S/C32H33BrN2O3S/c1-3-23-10-7-8-14-27(23)34-32-35(26-12-5-4-6-13-26)31(36)29(39-32)20-24-11-9-15-28(37-2)30(24)38-21-22-16-18-25(33)19-17-22/h7-11,14-20,26H,3-6,12-13,21H2,1-2H3/b29-20+,34-32?. The highest BCUT2D eigenvalue weighted by Crippen LogP contribution is 2.41. The molecule has 0 aromatic heterocycles. The fraction of sp³-hybridized carbons (Fsp3) is 0.312.